The molecule has 0 fully saturated rings. The summed E-state index contributed by atoms with van der Waals surface area (Å²) in [7, 11) is 0. The van der Waals surface area contributed by atoms with Crippen molar-refractivity contribution in [1.82, 2.24) is 0 Å². The van der Waals surface area contributed by atoms with Crippen molar-refractivity contribution in [3.8, 4) is 16.9 Å². The van der Waals surface area contributed by atoms with Gasteiger partial charge in [0.05, 0.1) is 6.61 Å². The molecule has 94 valence electrons. The molecular formula is C15H15FO2. The van der Waals surface area contributed by atoms with Crippen LogP contribution in [0, 0.1) is 19.7 Å². The van der Waals surface area contributed by atoms with Crippen molar-refractivity contribution in [2.75, 3.05) is 0 Å². The molecule has 0 amide bonds. The van der Waals surface area contributed by atoms with E-state index in [-0.39, 0.29) is 17.9 Å². The highest BCUT2D eigenvalue weighted by Crippen LogP contribution is 2.31. The van der Waals surface area contributed by atoms with E-state index in [0.717, 1.165) is 22.3 Å². The second kappa shape index (κ2) is 4.78. The summed E-state index contributed by atoms with van der Waals surface area (Å²) in [5.41, 5.74) is 3.92. The SMILES string of the molecule is Cc1cc(O)cc(C)c1-c1ccc(F)c(CO)c1. The topological polar surface area (TPSA) is 40.5 Å². The van der Waals surface area contributed by atoms with E-state index in [4.69, 9.17) is 5.11 Å². The van der Waals surface area contributed by atoms with Gasteiger partial charge in [-0.05, 0) is 60.4 Å². The van der Waals surface area contributed by atoms with E-state index in [1.807, 2.05) is 13.8 Å². The quantitative estimate of drug-likeness (QED) is 0.853. The molecule has 0 heterocycles. The summed E-state index contributed by atoms with van der Waals surface area (Å²) in [6, 6.07) is 8.02. The average Bonchev–Trinajstić information content (AvgIpc) is 2.30. The number of aromatic hydroxyl groups is 1. The first kappa shape index (κ1) is 12.6. The van der Waals surface area contributed by atoms with Gasteiger partial charge in [0.1, 0.15) is 11.6 Å². The largest absolute Gasteiger partial charge is 0.508 e. The number of aliphatic hydroxyl groups is 1. The van der Waals surface area contributed by atoms with Crippen molar-refractivity contribution in [3.05, 3.63) is 52.8 Å². The molecule has 2 nitrogen and oxygen atoms in total. The van der Waals surface area contributed by atoms with Crippen molar-refractivity contribution in [3.63, 3.8) is 0 Å². The Morgan fingerprint density at radius 2 is 1.67 bits per heavy atom. The molecule has 2 N–H and O–H groups in total. The number of phenolic OH excluding ortho intramolecular Hbond substituents is 1. The smallest absolute Gasteiger partial charge is 0.128 e. The summed E-state index contributed by atoms with van der Waals surface area (Å²) in [6.45, 7) is 3.46. The van der Waals surface area contributed by atoms with Gasteiger partial charge in [-0.2, -0.15) is 0 Å². The molecule has 0 radical (unpaired) electrons. The molecule has 0 atom stereocenters. The normalized spacial score (nSPS) is 10.7. The highest BCUT2D eigenvalue weighted by atomic mass is 19.1. The predicted molar refractivity (Wildman–Crippen MR) is 68.9 cm³/mol. The third kappa shape index (κ3) is 2.22. The maximum atomic E-state index is 13.4. The Morgan fingerprint density at radius 1 is 1.06 bits per heavy atom. The minimum absolute atomic E-state index is 0.221. The summed E-state index contributed by atoms with van der Waals surface area (Å²) >= 11 is 0. The van der Waals surface area contributed by atoms with Crippen LogP contribution < -0.4 is 0 Å². The van der Waals surface area contributed by atoms with Crippen molar-refractivity contribution in [2.45, 2.75) is 20.5 Å². The Kier molecular flexibility index (Phi) is 3.34. The lowest BCUT2D eigenvalue weighted by Gasteiger charge is -2.12. The van der Waals surface area contributed by atoms with Gasteiger partial charge in [0, 0.05) is 5.56 Å². The van der Waals surface area contributed by atoms with Crippen LogP contribution >= 0.6 is 0 Å². The molecule has 18 heavy (non-hydrogen) atoms. The van der Waals surface area contributed by atoms with Gasteiger partial charge in [-0.25, -0.2) is 4.39 Å². The first-order chi connectivity index (χ1) is 8.52. The van der Waals surface area contributed by atoms with E-state index < -0.39 is 5.82 Å². The molecule has 2 aromatic carbocycles. The zero-order valence-corrected chi connectivity index (χ0v) is 10.4. The van der Waals surface area contributed by atoms with Gasteiger partial charge in [-0.15, -0.1) is 0 Å². The average molecular weight is 246 g/mol. The molecule has 0 spiro atoms. The molecular weight excluding hydrogens is 231 g/mol. The molecule has 0 aromatic heterocycles. The van der Waals surface area contributed by atoms with Crippen molar-refractivity contribution < 1.29 is 14.6 Å². The van der Waals surface area contributed by atoms with Gasteiger partial charge in [0.25, 0.3) is 0 Å². The first-order valence-corrected chi connectivity index (χ1v) is 5.73. The number of phenols is 1. The first-order valence-electron chi connectivity index (χ1n) is 5.73. The molecule has 0 bridgehead atoms. The number of benzene rings is 2. The molecule has 0 aliphatic rings. The summed E-state index contributed by atoms with van der Waals surface area (Å²) in [6.07, 6.45) is 0. The lowest BCUT2D eigenvalue weighted by Crippen LogP contribution is -1.93. The maximum Gasteiger partial charge on any atom is 0.128 e. The van der Waals surface area contributed by atoms with Gasteiger partial charge in [0.15, 0.2) is 0 Å². The van der Waals surface area contributed by atoms with Gasteiger partial charge in [0.2, 0.25) is 0 Å². The van der Waals surface area contributed by atoms with Crippen LogP contribution in [-0.2, 0) is 6.61 Å². The molecule has 0 saturated heterocycles. The molecule has 0 aliphatic heterocycles. The van der Waals surface area contributed by atoms with Gasteiger partial charge in [-0.1, -0.05) is 6.07 Å². The van der Waals surface area contributed by atoms with Crippen LogP contribution in [-0.4, -0.2) is 10.2 Å². The Bertz CT molecular complexity index is 568. The highest BCUT2D eigenvalue weighted by Gasteiger charge is 2.10. The summed E-state index contributed by atoms with van der Waals surface area (Å²) in [5.74, 6) is -0.187. The number of aliphatic hydroxyl groups excluding tert-OH is 1. The van der Waals surface area contributed by atoms with E-state index in [0.29, 0.717) is 0 Å². The summed E-state index contributed by atoms with van der Waals surface area (Å²) < 4.78 is 13.4. The van der Waals surface area contributed by atoms with Crippen LogP contribution in [0.25, 0.3) is 11.1 Å². The van der Waals surface area contributed by atoms with Crippen LogP contribution in [0.1, 0.15) is 16.7 Å². The van der Waals surface area contributed by atoms with E-state index in [1.54, 1.807) is 24.3 Å². The standard InChI is InChI=1S/C15H15FO2/c1-9-5-13(18)6-10(2)15(9)11-3-4-14(16)12(7-11)8-17/h3-7,17-18H,8H2,1-2H3. The molecule has 0 saturated carbocycles. The molecule has 0 aliphatic carbocycles. The second-order valence-electron chi connectivity index (χ2n) is 4.42. The number of aryl methyl sites for hydroxylation is 2. The van der Waals surface area contributed by atoms with Crippen molar-refractivity contribution in [1.29, 1.82) is 0 Å². The lowest BCUT2D eigenvalue weighted by molar-refractivity contribution is 0.276. The predicted octanol–water partition coefficient (Wildman–Crippen LogP) is 3.31. The Morgan fingerprint density at radius 3 is 2.22 bits per heavy atom. The van der Waals surface area contributed by atoms with E-state index >= 15 is 0 Å². The third-order valence-electron chi connectivity index (χ3n) is 3.02. The molecule has 3 heteroatoms. The number of hydrogen-bond acceptors (Lipinski definition) is 2. The monoisotopic (exact) mass is 246 g/mol. The zero-order valence-electron chi connectivity index (χ0n) is 10.4. The van der Waals surface area contributed by atoms with Gasteiger partial charge in [-0.3, -0.25) is 0 Å². The Labute approximate surface area is 105 Å². The fourth-order valence-electron chi connectivity index (χ4n) is 2.25. The third-order valence-corrected chi connectivity index (χ3v) is 3.02. The van der Waals surface area contributed by atoms with E-state index in [2.05, 4.69) is 0 Å². The molecule has 0 unspecified atom stereocenters. The minimum atomic E-state index is -0.407. The van der Waals surface area contributed by atoms with Crippen LogP contribution in [0.15, 0.2) is 30.3 Å². The van der Waals surface area contributed by atoms with Gasteiger partial charge < -0.3 is 10.2 Å². The number of rotatable bonds is 2. The van der Waals surface area contributed by atoms with Crippen LogP contribution in [0.3, 0.4) is 0 Å². The second-order valence-corrected chi connectivity index (χ2v) is 4.42. The van der Waals surface area contributed by atoms with Crippen LogP contribution in [0.4, 0.5) is 4.39 Å². The Hall–Kier alpha value is -1.87. The molecule has 2 aromatic rings. The van der Waals surface area contributed by atoms with Crippen LogP contribution in [0.2, 0.25) is 0 Å². The zero-order chi connectivity index (χ0) is 13.3. The number of halogens is 1. The van der Waals surface area contributed by atoms with E-state index in [9.17, 15) is 9.50 Å². The minimum Gasteiger partial charge on any atom is -0.508 e. The summed E-state index contributed by atoms with van der Waals surface area (Å²) in [5, 5.41) is 18.6. The fraction of sp³-hybridized carbons (Fsp3) is 0.200. The van der Waals surface area contributed by atoms with E-state index in [1.165, 1.54) is 6.07 Å². The fourth-order valence-corrected chi connectivity index (χ4v) is 2.25. The van der Waals surface area contributed by atoms with Gasteiger partial charge >= 0.3 is 0 Å². The molecule has 2 rings (SSSR count). The van der Waals surface area contributed by atoms with Crippen molar-refractivity contribution in [2.24, 2.45) is 0 Å². The van der Waals surface area contributed by atoms with Crippen molar-refractivity contribution >= 4 is 0 Å². The summed E-state index contributed by atoms with van der Waals surface area (Å²) in [4.78, 5) is 0. The van der Waals surface area contributed by atoms with Crippen LogP contribution in [0.5, 0.6) is 5.75 Å². The Balaban J connectivity index is 2.62. The lowest BCUT2D eigenvalue weighted by atomic mass is 9.94. The highest BCUT2D eigenvalue weighted by molar-refractivity contribution is 5.72. The number of hydrogen-bond donors (Lipinski definition) is 2. The maximum absolute atomic E-state index is 13.4.